The van der Waals surface area contributed by atoms with Crippen LogP contribution >= 0.6 is 0 Å². The van der Waals surface area contributed by atoms with Crippen molar-refractivity contribution in [2.75, 3.05) is 26.2 Å². The first-order chi connectivity index (χ1) is 9.52. The number of aliphatic hydroxyl groups excluding tert-OH is 1. The van der Waals surface area contributed by atoms with Gasteiger partial charge in [-0.25, -0.2) is 4.39 Å². The number of rotatable bonds is 5. The highest BCUT2D eigenvalue weighted by atomic mass is 19.1. The van der Waals surface area contributed by atoms with E-state index in [2.05, 4.69) is 4.90 Å². The lowest BCUT2D eigenvalue weighted by Crippen LogP contribution is -2.48. The molecule has 0 spiro atoms. The van der Waals surface area contributed by atoms with Crippen LogP contribution in [0.2, 0.25) is 0 Å². The molecule has 1 aromatic rings. The van der Waals surface area contributed by atoms with Crippen molar-refractivity contribution in [1.29, 1.82) is 0 Å². The quantitative estimate of drug-likeness (QED) is 0.892. The molecule has 4 nitrogen and oxygen atoms in total. The summed E-state index contributed by atoms with van der Waals surface area (Å²) in [6.07, 6.45) is -0.249. The smallest absolute Gasteiger partial charge is 0.126 e. The van der Waals surface area contributed by atoms with Crippen molar-refractivity contribution >= 4 is 0 Å². The molecule has 3 unspecified atom stereocenters. The van der Waals surface area contributed by atoms with E-state index in [1.807, 2.05) is 13.8 Å². The van der Waals surface area contributed by atoms with Crippen LogP contribution in [0, 0.1) is 5.82 Å². The Bertz CT molecular complexity index is 419. The first-order valence-electron chi connectivity index (χ1n) is 6.97. The molecule has 0 aromatic heterocycles. The highest BCUT2D eigenvalue weighted by Gasteiger charge is 2.23. The molecule has 3 atom stereocenters. The number of morpholine rings is 1. The fourth-order valence-electron chi connectivity index (χ4n) is 2.53. The van der Waals surface area contributed by atoms with Gasteiger partial charge in [0.05, 0.1) is 12.2 Å². The monoisotopic (exact) mass is 283 g/mol. The summed E-state index contributed by atoms with van der Waals surface area (Å²) in [5.41, 5.74) is 0. The molecule has 1 heterocycles. The third-order valence-electron chi connectivity index (χ3n) is 3.20. The minimum atomic E-state index is -0.601. The van der Waals surface area contributed by atoms with E-state index >= 15 is 0 Å². The molecule has 1 saturated heterocycles. The summed E-state index contributed by atoms with van der Waals surface area (Å²) in [6.45, 7) is 6.36. The number of hydrogen-bond acceptors (Lipinski definition) is 4. The second kappa shape index (κ2) is 7.02. The van der Waals surface area contributed by atoms with Crippen LogP contribution in [0.25, 0.3) is 0 Å². The Morgan fingerprint density at radius 3 is 2.75 bits per heavy atom. The predicted molar refractivity (Wildman–Crippen MR) is 74.4 cm³/mol. The lowest BCUT2D eigenvalue weighted by molar-refractivity contribution is -0.0786. The second-order valence-corrected chi connectivity index (χ2v) is 5.40. The first kappa shape index (κ1) is 15.2. The minimum absolute atomic E-state index is 0.156. The Kier molecular flexibility index (Phi) is 5.34. The van der Waals surface area contributed by atoms with E-state index in [-0.39, 0.29) is 24.6 Å². The molecule has 0 bridgehead atoms. The molecule has 1 fully saturated rings. The molecule has 1 N–H and O–H groups in total. The van der Waals surface area contributed by atoms with Crippen LogP contribution in [0.4, 0.5) is 4.39 Å². The topological polar surface area (TPSA) is 41.9 Å². The average molecular weight is 283 g/mol. The molecule has 2 rings (SSSR count). The molecule has 0 saturated carbocycles. The maximum absolute atomic E-state index is 13.0. The Hall–Kier alpha value is -1.17. The minimum Gasteiger partial charge on any atom is -0.491 e. The molecule has 0 amide bonds. The average Bonchev–Trinajstić information content (AvgIpc) is 2.35. The van der Waals surface area contributed by atoms with Crippen LogP contribution in [-0.2, 0) is 4.74 Å². The van der Waals surface area contributed by atoms with E-state index in [0.717, 1.165) is 13.1 Å². The Balaban J connectivity index is 1.76. The fourth-order valence-corrected chi connectivity index (χ4v) is 2.53. The summed E-state index contributed by atoms with van der Waals surface area (Å²) >= 11 is 0. The molecule has 1 aliphatic rings. The van der Waals surface area contributed by atoms with Crippen molar-refractivity contribution < 1.29 is 19.0 Å². The van der Waals surface area contributed by atoms with Gasteiger partial charge >= 0.3 is 0 Å². The first-order valence-corrected chi connectivity index (χ1v) is 6.97. The zero-order chi connectivity index (χ0) is 14.5. The highest BCUT2D eigenvalue weighted by molar-refractivity contribution is 5.22. The summed E-state index contributed by atoms with van der Waals surface area (Å²) in [4.78, 5) is 2.17. The van der Waals surface area contributed by atoms with Gasteiger partial charge in [-0.2, -0.15) is 0 Å². The Morgan fingerprint density at radius 2 is 2.10 bits per heavy atom. The van der Waals surface area contributed by atoms with Gasteiger partial charge in [-0.3, -0.25) is 4.90 Å². The van der Waals surface area contributed by atoms with Crippen LogP contribution < -0.4 is 4.74 Å². The summed E-state index contributed by atoms with van der Waals surface area (Å²) < 4.78 is 24.0. The van der Waals surface area contributed by atoms with Crippen LogP contribution in [0.1, 0.15) is 13.8 Å². The van der Waals surface area contributed by atoms with Crippen LogP contribution in [0.5, 0.6) is 5.75 Å². The molecule has 0 aliphatic carbocycles. The van der Waals surface area contributed by atoms with Crippen LogP contribution in [0.15, 0.2) is 24.3 Å². The summed E-state index contributed by atoms with van der Waals surface area (Å²) in [5, 5.41) is 10.0. The van der Waals surface area contributed by atoms with Gasteiger partial charge in [0.15, 0.2) is 0 Å². The third kappa shape index (κ3) is 4.74. The van der Waals surface area contributed by atoms with Crippen molar-refractivity contribution in [2.24, 2.45) is 0 Å². The van der Waals surface area contributed by atoms with E-state index in [0.29, 0.717) is 12.3 Å². The second-order valence-electron chi connectivity index (χ2n) is 5.40. The molecule has 5 heteroatoms. The van der Waals surface area contributed by atoms with E-state index in [9.17, 15) is 9.50 Å². The Labute approximate surface area is 119 Å². The van der Waals surface area contributed by atoms with Gasteiger partial charge in [0.2, 0.25) is 0 Å². The number of ether oxygens (including phenoxy) is 2. The van der Waals surface area contributed by atoms with E-state index in [4.69, 9.17) is 9.47 Å². The maximum Gasteiger partial charge on any atom is 0.126 e. The van der Waals surface area contributed by atoms with Gasteiger partial charge in [0, 0.05) is 25.7 Å². The molecule has 1 aromatic carbocycles. The van der Waals surface area contributed by atoms with Gasteiger partial charge in [0.1, 0.15) is 24.3 Å². The van der Waals surface area contributed by atoms with Crippen molar-refractivity contribution in [1.82, 2.24) is 4.90 Å². The number of aliphatic hydroxyl groups is 1. The van der Waals surface area contributed by atoms with Gasteiger partial charge in [0.25, 0.3) is 0 Å². The van der Waals surface area contributed by atoms with E-state index < -0.39 is 6.10 Å². The van der Waals surface area contributed by atoms with Crippen molar-refractivity contribution in [3.05, 3.63) is 30.1 Å². The van der Waals surface area contributed by atoms with Crippen LogP contribution in [-0.4, -0.2) is 54.6 Å². The molecular formula is C15H22FNO3. The molecule has 1 aliphatic heterocycles. The zero-order valence-electron chi connectivity index (χ0n) is 12.0. The normalized spacial score (nSPS) is 25.4. The lowest BCUT2D eigenvalue weighted by Gasteiger charge is -2.36. The molecule has 20 heavy (non-hydrogen) atoms. The third-order valence-corrected chi connectivity index (χ3v) is 3.20. The number of β-amino-alcohol motifs (C(OH)–C–C–N with tert-alkyl or cyclic N) is 1. The fraction of sp³-hybridized carbons (Fsp3) is 0.600. The Morgan fingerprint density at radius 1 is 1.40 bits per heavy atom. The van der Waals surface area contributed by atoms with Gasteiger partial charge < -0.3 is 14.6 Å². The molecule has 112 valence electrons. The lowest BCUT2D eigenvalue weighted by atomic mass is 10.2. The van der Waals surface area contributed by atoms with E-state index in [1.54, 1.807) is 12.1 Å². The van der Waals surface area contributed by atoms with Crippen LogP contribution in [0.3, 0.4) is 0 Å². The largest absolute Gasteiger partial charge is 0.491 e. The SMILES string of the molecule is CC1CN(CC(O)COc2cccc(F)c2)CC(C)O1. The van der Waals surface area contributed by atoms with E-state index in [1.165, 1.54) is 12.1 Å². The number of hydrogen-bond donors (Lipinski definition) is 1. The number of nitrogens with zero attached hydrogens (tertiary/aromatic N) is 1. The molecule has 0 radical (unpaired) electrons. The van der Waals surface area contributed by atoms with Gasteiger partial charge in [-0.05, 0) is 26.0 Å². The number of halogens is 1. The van der Waals surface area contributed by atoms with Gasteiger partial charge in [-0.1, -0.05) is 6.07 Å². The standard InChI is InChI=1S/C15H22FNO3/c1-11-7-17(8-12(2)20-11)9-14(18)10-19-15-5-3-4-13(16)6-15/h3-6,11-12,14,18H,7-10H2,1-2H3. The summed E-state index contributed by atoms with van der Waals surface area (Å²) in [7, 11) is 0. The maximum atomic E-state index is 13.0. The van der Waals surface area contributed by atoms with Crippen molar-refractivity contribution in [2.45, 2.75) is 32.2 Å². The number of benzene rings is 1. The predicted octanol–water partition coefficient (Wildman–Crippen LogP) is 1.67. The highest BCUT2D eigenvalue weighted by Crippen LogP contribution is 2.13. The zero-order valence-corrected chi connectivity index (χ0v) is 12.0. The summed E-state index contributed by atoms with van der Waals surface area (Å²) in [5.74, 6) is 0.0978. The van der Waals surface area contributed by atoms with Gasteiger partial charge in [-0.15, -0.1) is 0 Å². The molecular weight excluding hydrogens is 261 g/mol. The van der Waals surface area contributed by atoms with Crippen molar-refractivity contribution in [3.8, 4) is 5.75 Å². The summed E-state index contributed by atoms with van der Waals surface area (Å²) in [6, 6.07) is 5.93. The van der Waals surface area contributed by atoms with Crippen molar-refractivity contribution in [3.63, 3.8) is 0 Å².